The maximum atomic E-state index is 2.51. The molecule has 2 aliphatic carbocycles. The zero-order valence-corrected chi connectivity index (χ0v) is 23.2. The lowest BCUT2D eigenvalue weighted by molar-refractivity contribution is 0.711. The van der Waals surface area contributed by atoms with Crippen LogP contribution in [0.25, 0.3) is 65.9 Å². The molecule has 7 aromatic rings. The first kappa shape index (κ1) is 23.5. The zero-order chi connectivity index (χ0) is 27.6. The molecule has 0 bridgehead atoms. The SMILES string of the molecule is C1=CC2C(c3cccc4ccccc34)=Cc3c(cc(-c4cc5ccccc5c5ccccc45)c4ccccc34)C2C=C1. The van der Waals surface area contributed by atoms with Crippen molar-refractivity contribution in [2.45, 2.75) is 5.92 Å². The zero-order valence-electron chi connectivity index (χ0n) is 23.2. The number of allylic oxidation sites excluding steroid dienone is 5. The van der Waals surface area contributed by atoms with E-state index in [-0.39, 0.29) is 11.8 Å². The Hall–Kier alpha value is -5.20. The fourth-order valence-corrected chi connectivity index (χ4v) is 7.54. The molecule has 0 amide bonds. The van der Waals surface area contributed by atoms with Gasteiger partial charge in [-0.05, 0) is 94.7 Å². The van der Waals surface area contributed by atoms with E-state index in [0.29, 0.717) is 0 Å². The Morgan fingerprint density at radius 2 is 0.952 bits per heavy atom. The van der Waals surface area contributed by atoms with Crippen LogP contribution in [0.1, 0.15) is 22.6 Å². The molecule has 2 atom stereocenters. The monoisotopic (exact) mass is 532 g/mol. The van der Waals surface area contributed by atoms with Crippen LogP contribution >= 0.6 is 0 Å². The first-order valence-electron chi connectivity index (χ1n) is 14.9. The number of rotatable bonds is 2. The van der Waals surface area contributed by atoms with Crippen molar-refractivity contribution in [3.8, 4) is 11.1 Å². The number of benzene rings is 7. The molecule has 0 nitrogen and oxygen atoms in total. The lowest BCUT2D eigenvalue weighted by Crippen LogP contribution is -2.18. The summed E-state index contributed by atoms with van der Waals surface area (Å²) in [5, 5.41) is 10.4. The Kier molecular flexibility index (Phi) is 5.12. The summed E-state index contributed by atoms with van der Waals surface area (Å²) >= 11 is 0. The third-order valence-corrected chi connectivity index (χ3v) is 9.43. The molecule has 7 aromatic carbocycles. The first-order chi connectivity index (χ1) is 20.8. The molecular weight excluding hydrogens is 504 g/mol. The Balaban J connectivity index is 1.37. The minimum atomic E-state index is 0.277. The molecule has 9 rings (SSSR count). The summed E-state index contributed by atoms with van der Waals surface area (Å²) in [7, 11) is 0. The van der Waals surface area contributed by atoms with E-state index in [1.165, 1.54) is 76.5 Å². The van der Waals surface area contributed by atoms with Gasteiger partial charge in [-0.1, -0.05) is 140 Å². The van der Waals surface area contributed by atoms with Crippen LogP contribution in [0.3, 0.4) is 0 Å². The third-order valence-electron chi connectivity index (χ3n) is 9.43. The Morgan fingerprint density at radius 3 is 1.76 bits per heavy atom. The molecule has 0 heterocycles. The Labute approximate surface area is 245 Å². The van der Waals surface area contributed by atoms with Crippen LogP contribution in [0.2, 0.25) is 0 Å². The lowest BCUT2D eigenvalue weighted by atomic mass is 9.69. The molecule has 0 fully saturated rings. The molecular formula is C42H28. The van der Waals surface area contributed by atoms with Crippen LogP contribution in [0, 0.1) is 5.92 Å². The van der Waals surface area contributed by atoms with Crippen molar-refractivity contribution in [3.05, 3.63) is 168 Å². The van der Waals surface area contributed by atoms with Crippen LogP contribution in [0.15, 0.2) is 152 Å². The van der Waals surface area contributed by atoms with Gasteiger partial charge in [-0.2, -0.15) is 0 Å². The van der Waals surface area contributed by atoms with E-state index in [4.69, 9.17) is 0 Å². The summed E-state index contributed by atoms with van der Waals surface area (Å²) in [4.78, 5) is 0. The van der Waals surface area contributed by atoms with Crippen molar-refractivity contribution in [3.63, 3.8) is 0 Å². The topological polar surface area (TPSA) is 0 Å². The largest absolute Gasteiger partial charge is 0.0761 e. The number of fused-ring (bicyclic) bond motifs is 9. The van der Waals surface area contributed by atoms with Gasteiger partial charge in [0, 0.05) is 11.8 Å². The van der Waals surface area contributed by atoms with Gasteiger partial charge >= 0.3 is 0 Å². The summed E-state index contributed by atoms with van der Waals surface area (Å²) in [6, 6.07) is 47.1. The van der Waals surface area contributed by atoms with Gasteiger partial charge in [0.25, 0.3) is 0 Å². The van der Waals surface area contributed by atoms with E-state index < -0.39 is 0 Å². The predicted octanol–water partition coefficient (Wildman–Crippen LogP) is 11.3. The van der Waals surface area contributed by atoms with E-state index >= 15 is 0 Å². The van der Waals surface area contributed by atoms with E-state index in [1.807, 2.05) is 0 Å². The quantitative estimate of drug-likeness (QED) is 0.194. The molecule has 196 valence electrons. The van der Waals surface area contributed by atoms with Crippen molar-refractivity contribution in [2.75, 3.05) is 0 Å². The summed E-state index contributed by atoms with van der Waals surface area (Å²) in [5.74, 6) is 0.565. The Bertz CT molecular complexity index is 2300. The number of hydrogen-bond acceptors (Lipinski definition) is 0. The van der Waals surface area contributed by atoms with Gasteiger partial charge in [-0.15, -0.1) is 0 Å². The van der Waals surface area contributed by atoms with Gasteiger partial charge < -0.3 is 0 Å². The smallest absolute Gasteiger partial charge is 0.0131 e. The minimum absolute atomic E-state index is 0.277. The highest BCUT2D eigenvalue weighted by Crippen LogP contribution is 2.51. The van der Waals surface area contributed by atoms with Crippen molar-refractivity contribution in [2.24, 2.45) is 5.92 Å². The van der Waals surface area contributed by atoms with E-state index in [2.05, 4.69) is 158 Å². The van der Waals surface area contributed by atoms with Gasteiger partial charge in [-0.3, -0.25) is 0 Å². The molecule has 42 heavy (non-hydrogen) atoms. The first-order valence-corrected chi connectivity index (χ1v) is 14.9. The standard InChI is InChI=1S/C42H28/c1-3-15-29-27(12-1)14-11-23-32(29)39-25-41-37-22-10-9-21-36(37)40(26-42(41)35-20-8-7-19-34(35)39)38-24-28-13-2-4-16-30(28)31-17-5-6-18-33(31)38/h1-26,34-35H. The second kappa shape index (κ2) is 9.16. The highest BCUT2D eigenvalue weighted by molar-refractivity contribution is 6.17. The van der Waals surface area contributed by atoms with E-state index in [1.54, 1.807) is 0 Å². The molecule has 0 spiro atoms. The summed E-state index contributed by atoms with van der Waals surface area (Å²) < 4.78 is 0. The molecule has 2 unspecified atom stereocenters. The van der Waals surface area contributed by atoms with Gasteiger partial charge in [0.1, 0.15) is 0 Å². The van der Waals surface area contributed by atoms with Gasteiger partial charge in [0.05, 0.1) is 0 Å². The second-order valence-electron chi connectivity index (χ2n) is 11.6. The number of hydrogen-bond donors (Lipinski definition) is 0. The molecule has 0 saturated heterocycles. The highest BCUT2D eigenvalue weighted by Gasteiger charge is 2.32. The average Bonchev–Trinajstić information content (AvgIpc) is 3.07. The lowest BCUT2D eigenvalue weighted by Gasteiger charge is -2.34. The molecule has 0 saturated carbocycles. The van der Waals surface area contributed by atoms with Crippen molar-refractivity contribution in [1.29, 1.82) is 0 Å². The normalized spacial score (nSPS) is 17.5. The molecule has 0 N–H and O–H groups in total. The molecule has 2 aliphatic rings. The summed E-state index contributed by atoms with van der Waals surface area (Å²) in [6.45, 7) is 0. The van der Waals surface area contributed by atoms with Gasteiger partial charge in [0.15, 0.2) is 0 Å². The molecule has 0 heteroatoms. The predicted molar refractivity (Wildman–Crippen MR) is 181 cm³/mol. The van der Waals surface area contributed by atoms with Crippen LogP contribution < -0.4 is 0 Å². The third kappa shape index (κ3) is 3.42. The second-order valence-corrected chi connectivity index (χ2v) is 11.6. The maximum Gasteiger partial charge on any atom is 0.0131 e. The maximum absolute atomic E-state index is 2.51. The fourth-order valence-electron chi connectivity index (χ4n) is 7.54. The van der Waals surface area contributed by atoms with Crippen LogP contribution in [-0.2, 0) is 0 Å². The van der Waals surface area contributed by atoms with Gasteiger partial charge in [-0.25, -0.2) is 0 Å². The van der Waals surface area contributed by atoms with Crippen molar-refractivity contribution >= 4 is 54.7 Å². The summed E-state index contributed by atoms with van der Waals surface area (Å²) in [5.41, 5.74) is 8.12. The van der Waals surface area contributed by atoms with Gasteiger partial charge in [0.2, 0.25) is 0 Å². The average molecular weight is 533 g/mol. The van der Waals surface area contributed by atoms with Crippen LogP contribution in [0.5, 0.6) is 0 Å². The summed E-state index contributed by atoms with van der Waals surface area (Å²) in [6.07, 6.45) is 11.8. The Morgan fingerprint density at radius 1 is 0.381 bits per heavy atom. The fraction of sp³-hybridized carbons (Fsp3) is 0.0476. The van der Waals surface area contributed by atoms with Crippen LogP contribution in [-0.4, -0.2) is 0 Å². The minimum Gasteiger partial charge on any atom is -0.0761 e. The van der Waals surface area contributed by atoms with Crippen molar-refractivity contribution in [1.82, 2.24) is 0 Å². The highest BCUT2D eigenvalue weighted by atomic mass is 14.4. The molecule has 0 aliphatic heterocycles. The van der Waals surface area contributed by atoms with Crippen LogP contribution in [0.4, 0.5) is 0 Å². The molecule has 0 radical (unpaired) electrons. The molecule has 0 aromatic heterocycles. The van der Waals surface area contributed by atoms with E-state index in [9.17, 15) is 0 Å². The van der Waals surface area contributed by atoms with E-state index in [0.717, 1.165) is 0 Å². The van der Waals surface area contributed by atoms with Crippen molar-refractivity contribution < 1.29 is 0 Å².